The number of hydrogen-bond donors (Lipinski definition) is 1. The molecule has 0 fully saturated rings. The van der Waals surface area contributed by atoms with E-state index in [1.807, 2.05) is 6.07 Å². The maximum Gasteiger partial charge on any atom is 0.120 e. The van der Waals surface area contributed by atoms with Crippen LogP contribution in [0, 0.1) is 3.57 Å². The van der Waals surface area contributed by atoms with Crippen molar-refractivity contribution in [2.45, 2.75) is 6.61 Å². The van der Waals surface area contributed by atoms with Gasteiger partial charge in [-0.05, 0) is 34.7 Å². The van der Waals surface area contributed by atoms with Gasteiger partial charge in [0, 0.05) is 9.13 Å². The van der Waals surface area contributed by atoms with E-state index in [4.69, 9.17) is 21.4 Å². The van der Waals surface area contributed by atoms with Crippen molar-refractivity contribution in [3.05, 3.63) is 26.3 Å². The van der Waals surface area contributed by atoms with Crippen LogP contribution in [0.1, 0.15) is 5.56 Å². The predicted octanol–water partition coefficient (Wildman–Crippen LogP) is 2.45. The molecule has 0 aromatic heterocycles. The molecule has 0 heterocycles. The summed E-state index contributed by atoms with van der Waals surface area (Å²) in [7, 11) is 1.58. The minimum Gasteiger partial charge on any atom is -0.497 e. The summed E-state index contributed by atoms with van der Waals surface area (Å²) in [6.07, 6.45) is 0. The SMILES string of the molecule is COc1cc(I)c(Cl)c(CO)c1. The van der Waals surface area contributed by atoms with Gasteiger partial charge in [0.1, 0.15) is 5.75 Å². The van der Waals surface area contributed by atoms with Crippen LogP contribution in [-0.2, 0) is 6.61 Å². The molecule has 0 saturated carbocycles. The van der Waals surface area contributed by atoms with Crippen LogP contribution in [0.5, 0.6) is 5.75 Å². The minimum atomic E-state index is -0.0635. The monoisotopic (exact) mass is 298 g/mol. The highest BCUT2D eigenvalue weighted by atomic mass is 127. The molecular formula is C8H8ClIO2. The van der Waals surface area contributed by atoms with Gasteiger partial charge in [-0.25, -0.2) is 0 Å². The molecule has 1 aromatic carbocycles. The Bertz CT molecular complexity index is 289. The van der Waals surface area contributed by atoms with Crippen molar-refractivity contribution in [3.63, 3.8) is 0 Å². The Hall–Kier alpha value is -0.000000000000000139. The molecular weight excluding hydrogens is 290 g/mol. The zero-order chi connectivity index (χ0) is 9.14. The first-order chi connectivity index (χ1) is 5.69. The second kappa shape index (κ2) is 4.30. The Labute approximate surface area is 89.6 Å². The quantitative estimate of drug-likeness (QED) is 0.850. The number of benzene rings is 1. The van der Waals surface area contributed by atoms with Gasteiger partial charge in [0.2, 0.25) is 0 Å². The topological polar surface area (TPSA) is 29.5 Å². The lowest BCUT2D eigenvalue weighted by atomic mass is 10.2. The number of methoxy groups -OCH3 is 1. The van der Waals surface area contributed by atoms with Crippen LogP contribution in [0.15, 0.2) is 12.1 Å². The second-order valence-corrected chi connectivity index (χ2v) is 3.78. The van der Waals surface area contributed by atoms with Gasteiger partial charge in [-0.15, -0.1) is 0 Å². The maximum absolute atomic E-state index is 8.92. The molecule has 0 aliphatic carbocycles. The van der Waals surface area contributed by atoms with Crippen molar-refractivity contribution in [2.75, 3.05) is 7.11 Å². The normalized spacial score (nSPS) is 10.0. The number of hydrogen-bond acceptors (Lipinski definition) is 2. The molecule has 0 radical (unpaired) electrons. The highest BCUT2D eigenvalue weighted by molar-refractivity contribution is 14.1. The van der Waals surface area contributed by atoms with Gasteiger partial charge in [-0.1, -0.05) is 11.6 Å². The molecule has 0 amide bonds. The Morgan fingerprint density at radius 3 is 2.75 bits per heavy atom. The third kappa shape index (κ3) is 2.02. The third-order valence-electron chi connectivity index (χ3n) is 1.48. The summed E-state index contributed by atoms with van der Waals surface area (Å²) in [6.45, 7) is -0.0635. The van der Waals surface area contributed by atoms with Crippen LogP contribution in [-0.4, -0.2) is 12.2 Å². The molecule has 0 aliphatic heterocycles. The van der Waals surface area contributed by atoms with Crippen LogP contribution in [0.3, 0.4) is 0 Å². The molecule has 0 bridgehead atoms. The molecule has 2 nitrogen and oxygen atoms in total. The molecule has 0 spiro atoms. The Balaban J connectivity index is 3.19. The van der Waals surface area contributed by atoms with E-state index in [1.165, 1.54) is 0 Å². The van der Waals surface area contributed by atoms with Crippen molar-refractivity contribution in [1.29, 1.82) is 0 Å². The van der Waals surface area contributed by atoms with Gasteiger partial charge in [0.25, 0.3) is 0 Å². The van der Waals surface area contributed by atoms with Gasteiger partial charge < -0.3 is 9.84 Å². The maximum atomic E-state index is 8.92. The average molecular weight is 299 g/mol. The Morgan fingerprint density at radius 2 is 2.25 bits per heavy atom. The number of aliphatic hydroxyl groups excluding tert-OH is 1. The zero-order valence-corrected chi connectivity index (χ0v) is 9.39. The van der Waals surface area contributed by atoms with E-state index in [2.05, 4.69) is 22.6 Å². The number of rotatable bonds is 2. The van der Waals surface area contributed by atoms with E-state index in [9.17, 15) is 0 Å². The lowest BCUT2D eigenvalue weighted by Crippen LogP contribution is -1.91. The van der Waals surface area contributed by atoms with Crippen LogP contribution >= 0.6 is 34.2 Å². The fraction of sp³-hybridized carbons (Fsp3) is 0.250. The molecule has 12 heavy (non-hydrogen) atoms. The molecule has 0 unspecified atom stereocenters. The summed E-state index contributed by atoms with van der Waals surface area (Å²) in [5, 5.41) is 9.52. The highest BCUT2D eigenvalue weighted by Crippen LogP contribution is 2.28. The summed E-state index contributed by atoms with van der Waals surface area (Å²) in [4.78, 5) is 0. The minimum absolute atomic E-state index is 0.0635. The van der Waals surface area contributed by atoms with Crippen LogP contribution in [0.25, 0.3) is 0 Å². The van der Waals surface area contributed by atoms with Crippen LogP contribution in [0.4, 0.5) is 0 Å². The second-order valence-electron chi connectivity index (χ2n) is 2.24. The molecule has 1 N–H and O–H groups in total. The van der Waals surface area contributed by atoms with E-state index in [-0.39, 0.29) is 6.61 Å². The standard InChI is InChI=1S/C8H8ClIO2/c1-12-6-2-5(4-11)8(9)7(10)3-6/h2-3,11H,4H2,1H3. The first kappa shape index (κ1) is 10.1. The van der Waals surface area contributed by atoms with E-state index in [0.717, 1.165) is 3.57 Å². The summed E-state index contributed by atoms with van der Waals surface area (Å²) >= 11 is 8.00. The lowest BCUT2D eigenvalue weighted by molar-refractivity contribution is 0.281. The van der Waals surface area contributed by atoms with Crippen molar-refractivity contribution in [3.8, 4) is 5.75 Å². The smallest absolute Gasteiger partial charge is 0.120 e. The van der Waals surface area contributed by atoms with Crippen LogP contribution < -0.4 is 4.74 Å². The molecule has 1 aromatic rings. The van der Waals surface area contributed by atoms with E-state index in [0.29, 0.717) is 16.3 Å². The number of halogens is 2. The molecule has 4 heteroatoms. The third-order valence-corrected chi connectivity index (χ3v) is 3.10. The lowest BCUT2D eigenvalue weighted by Gasteiger charge is -2.06. The average Bonchev–Trinajstić information content (AvgIpc) is 2.09. The Morgan fingerprint density at radius 1 is 1.58 bits per heavy atom. The largest absolute Gasteiger partial charge is 0.497 e. The van der Waals surface area contributed by atoms with Gasteiger partial charge in [0.15, 0.2) is 0 Å². The molecule has 0 atom stereocenters. The molecule has 1 rings (SSSR count). The van der Waals surface area contributed by atoms with Crippen molar-refractivity contribution < 1.29 is 9.84 Å². The number of ether oxygens (including phenoxy) is 1. The molecule has 0 saturated heterocycles. The number of aliphatic hydroxyl groups is 1. The van der Waals surface area contributed by atoms with Crippen molar-refractivity contribution >= 4 is 34.2 Å². The fourth-order valence-corrected chi connectivity index (χ4v) is 1.67. The molecule has 0 aliphatic rings. The van der Waals surface area contributed by atoms with Gasteiger partial charge in [0.05, 0.1) is 18.7 Å². The van der Waals surface area contributed by atoms with Crippen LogP contribution in [0.2, 0.25) is 5.02 Å². The highest BCUT2D eigenvalue weighted by Gasteiger charge is 2.05. The van der Waals surface area contributed by atoms with Gasteiger partial charge >= 0.3 is 0 Å². The van der Waals surface area contributed by atoms with Gasteiger partial charge in [-0.2, -0.15) is 0 Å². The van der Waals surface area contributed by atoms with E-state index < -0.39 is 0 Å². The summed E-state index contributed by atoms with van der Waals surface area (Å²) in [5.74, 6) is 0.716. The summed E-state index contributed by atoms with van der Waals surface area (Å²) in [5.41, 5.74) is 0.695. The van der Waals surface area contributed by atoms with Crippen molar-refractivity contribution in [1.82, 2.24) is 0 Å². The first-order valence-electron chi connectivity index (χ1n) is 3.31. The summed E-state index contributed by atoms with van der Waals surface area (Å²) < 4.78 is 5.90. The molecule has 66 valence electrons. The summed E-state index contributed by atoms with van der Waals surface area (Å²) in [6, 6.07) is 3.55. The Kier molecular flexibility index (Phi) is 3.61. The van der Waals surface area contributed by atoms with E-state index in [1.54, 1.807) is 13.2 Å². The first-order valence-corrected chi connectivity index (χ1v) is 4.77. The van der Waals surface area contributed by atoms with Gasteiger partial charge in [-0.3, -0.25) is 0 Å². The predicted molar refractivity (Wildman–Crippen MR) is 56.6 cm³/mol. The fourth-order valence-electron chi connectivity index (χ4n) is 0.851. The zero-order valence-electron chi connectivity index (χ0n) is 6.47. The van der Waals surface area contributed by atoms with Crippen molar-refractivity contribution in [2.24, 2.45) is 0 Å². The van der Waals surface area contributed by atoms with E-state index >= 15 is 0 Å².